The minimum Gasteiger partial charge on any atom is -0.483 e. The van der Waals surface area contributed by atoms with Gasteiger partial charge in [0.25, 0.3) is 5.91 Å². The molecule has 3 nitrogen and oxygen atoms in total. The van der Waals surface area contributed by atoms with Crippen molar-refractivity contribution >= 4 is 11.6 Å². The first-order valence-corrected chi connectivity index (χ1v) is 7.87. The van der Waals surface area contributed by atoms with E-state index in [9.17, 15) is 4.79 Å². The second kappa shape index (κ2) is 6.86. The fourth-order valence-electron chi connectivity index (χ4n) is 2.54. The van der Waals surface area contributed by atoms with E-state index in [1.807, 2.05) is 56.3 Å². The molecule has 1 N–H and O–H groups in total. The third kappa shape index (κ3) is 4.35. The number of hydrogen-bond donors (Lipinski definition) is 1. The maximum atomic E-state index is 12.2. The van der Waals surface area contributed by atoms with Gasteiger partial charge in [0.15, 0.2) is 6.61 Å². The van der Waals surface area contributed by atoms with E-state index in [4.69, 9.17) is 4.74 Å². The van der Waals surface area contributed by atoms with Crippen LogP contribution in [0.3, 0.4) is 0 Å². The van der Waals surface area contributed by atoms with Gasteiger partial charge in [0.05, 0.1) is 0 Å². The molecule has 1 amide bonds. The van der Waals surface area contributed by atoms with Crippen LogP contribution < -0.4 is 10.1 Å². The van der Waals surface area contributed by atoms with Crippen molar-refractivity contribution in [2.75, 3.05) is 11.9 Å². The number of anilines is 1. The highest BCUT2D eigenvalue weighted by molar-refractivity contribution is 5.93. The minimum atomic E-state index is -0.147. The number of para-hydroxylation sites is 2. The zero-order valence-electron chi connectivity index (χ0n) is 14.6. The van der Waals surface area contributed by atoms with Crippen molar-refractivity contribution in [3.8, 4) is 5.75 Å². The van der Waals surface area contributed by atoms with E-state index in [-0.39, 0.29) is 17.9 Å². The Hall–Kier alpha value is -2.29. The maximum absolute atomic E-state index is 12.2. The van der Waals surface area contributed by atoms with Gasteiger partial charge in [-0.25, -0.2) is 0 Å². The number of rotatable bonds is 4. The second-order valence-electron chi connectivity index (χ2n) is 6.85. The summed E-state index contributed by atoms with van der Waals surface area (Å²) in [6, 6.07) is 13.8. The predicted molar refractivity (Wildman–Crippen MR) is 95.2 cm³/mol. The van der Waals surface area contributed by atoms with Crippen LogP contribution in [-0.4, -0.2) is 12.5 Å². The van der Waals surface area contributed by atoms with Crippen LogP contribution in [0.15, 0.2) is 42.5 Å². The monoisotopic (exact) mass is 311 g/mol. The summed E-state index contributed by atoms with van der Waals surface area (Å²) in [5, 5.41) is 2.94. The summed E-state index contributed by atoms with van der Waals surface area (Å²) in [7, 11) is 0. The average molecular weight is 311 g/mol. The Morgan fingerprint density at radius 1 is 1.00 bits per heavy atom. The Balaban J connectivity index is 2.06. The Labute approximate surface area is 138 Å². The first-order chi connectivity index (χ1) is 10.8. The van der Waals surface area contributed by atoms with Crippen LogP contribution in [-0.2, 0) is 10.2 Å². The molecule has 0 bridgehead atoms. The first-order valence-electron chi connectivity index (χ1n) is 7.87. The average Bonchev–Trinajstić information content (AvgIpc) is 2.48. The van der Waals surface area contributed by atoms with Gasteiger partial charge in [0.1, 0.15) is 5.75 Å². The van der Waals surface area contributed by atoms with E-state index < -0.39 is 0 Å². The molecule has 0 heterocycles. The molecule has 0 aliphatic carbocycles. The molecule has 0 saturated carbocycles. The van der Waals surface area contributed by atoms with Crippen LogP contribution >= 0.6 is 0 Å². The molecule has 3 heteroatoms. The summed E-state index contributed by atoms with van der Waals surface area (Å²) in [6.45, 7) is 10.4. The number of nitrogens with one attached hydrogen (secondary N) is 1. The van der Waals surface area contributed by atoms with Crippen molar-refractivity contribution in [2.24, 2.45) is 0 Å². The number of carbonyl (C=O) groups excluding carboxylic acids is 1. The standard InChI is InChI=1S/C20H25NO2/c1-14-9-8-10-15(2)19(14)21-18(22)13-23-17-12-7-6-11-16(17)20(3,4)5/h6-12H,13H2,1-5H3,(H,21,22). The lowest BCUT2D eigenvalue weighted by Gasteiger charge is -2.22. The zero-order chi connectivity index (χ0) is 17.0. The maximum Gasteiger partial charge on any atom is 0.262 e. The number of ether oxygens (including phenoxy) is 1. The van der Waals surface area contributed by atoms with Gasteiger partial charge >= 0.3 is 0 Å². The number of carbonyl (C=O) groups is 1. The summed E-state index contributed by atoms with van der Waals surface area (Å²) in [6.07, 6.45) is 0. The molecule has 2 rings (SSSR count). The third-order valence-corrected chi connectivity index (χ3v) is 3.80. The molecule has 23 heavy (non-hydrogen) atoms. The van der Waals surface area contributed by atoms with Crippen molar-refractivity contribution in [3.05, 3.63) is 59.2 Å². The Bertz CT molecular complexity index is 679. The Kier molecular flexibility index (Phi) is 5.09. The summed E-state index contributed by atoms with van der Waals surface area (Å²) < 4.78 is 5.77. The first kappa shape index (κ1) is 17.1. The highest BCUT2D eigenvalue weighted by atomic mass is 16.5. The molecular weight excluding hydrogens is 286 g/mol. The molecular formula is C20H25NO2. The smallest absolute Gasteiger partial charge is 0.262 e. The van der Waals surface area contributed by atoms with E-state index in [1.54, 1.807) is 0 Å². The van der Waals surface area contributed by atoms with Crippen LogP contribution in [0.2, 0.25) is 0 Å². The van der Waals surface area contributed by atoms with Crippen molar-refractivity contribution in [2.45, 2.75) is 40.0 Å². The normalized spacial score (nSPS) is 11.2. The lowest BCUT2D eigenvalue weighted by atomic mass is 9.86. The van der Waals surface area contributed by atoms with Gasteiger partial charge in [0, 0.05) is 5.69 Å². The van der Waals surface area contributed by atoms with Gasteiger partial charge in [-0.2, -0.15) is 0 Å². The quantitative estimate of drug-likeness (QED) is 0.895. The van der Waals surface area contributed by atoms with Crippen molar-refractivity contribution in [3.63, 3.8) is 0 Å². The second-order valence-corrected chi connectivity index (χ2v) is 6.85. The number of aryl methyl sites for hydroxylation is 2. The lowest BCUT2D eigenvalue weighted by Crippen LogP contribution is -2.22. The molecule has 0 spiro atoms. The van der Waals surface area contributed by atoms with Gasteiger partial charge < -0.3 is 10.1 Å². The van der Waals surface area contributed by atoms with Crippen LogP contribution in [0.5, 0.6) is 5.75 Å². The molecule has 0 radical (unpaired) electrons. The fraction of sp³-hybridized carbons (Fsp3) is 0.350. The SMILES string of the molecule is Cc1cccc(C)c1NC(=O)COc1ccccc1C(C)(C)C. The molecule has 122 valence electrons. The molecule has 0 atom stereocenters. The predicted octanol–water partition coefficient (Wildman–Crippen LogP) is 4.62. The van der Waals surface area contributed by atoms with E-state index in [1.165, 1.54) is 0 Å². The third-order valence-electron chi connectivity index (χ3n) is 3.80. The zero-order valence-corrected chi connectivity index (χ0v) is 14.6. The summed E-state index contributed by atoms with van der Waals surface area (Å²) in [5.41, 5.74) is 4.03. The number of amides is 1. The van der Waals surface area contributed by atoms with Crippen LogP contribution in [0.25, 0.3) is 0 Å². The summed E-state index contributed by atoms with van der Waals surface area (Å²) in [4.78, 5) is 12.2. The van der Waals surface area contributed by atoms with Crippen molar-refractivity contribution in [1.82, 2.24) is 0 Å². The van der Waals surface area contributed by atoms with E-state index in [0.717, 1.165) is 28.1 Å². The van der Waals surface area contributed by atoms with Crippen molar-refractivity contribution in [1.29, 1.82) is 0 Å². The summed E-state index contributed by atoms with van der Waals surface area (Å²) in [5.74, 6) is 0.614. The molecule has 0 fully saturated rings. The van der Waals surface area contributed by atoms with Crippen LogP contribution in [0.1, 0.15) is 37.5 Å². The number of hydrogen-bond acceptors (Lipinski definition) is 2. The molecule has 2 aromatic carbocycles. The molecule has 0 aromatic heterocycles. The van der Waals surface area contributed by atoms with Crippen LogP contribution in [0.4, 0.5) is 5.69 Å². The van der Waals surface area contributed by atoms with E-state index >= 15 is 0 Å². The van der Waals surface area contributed by atoms with Crippen LogP contribution in [0, 0.1) is 13.8 Å². The van der Waals surface area contributed by atoms with E-state index in [2.05, 4.69) is 26.1 Å². The molecule has 0 aliphatic rings. The van der Waals surface area contributed by atoms with Gasteiger partial charge in [-0.15, -0.1) is 0 Å². The van der Waals surface area contributed by atoms with Gasteiger partial charge in [-0.3, -0.25) is 4.79 Å². The Morgan fingerprint density at radius 3 is 2.22 bits per heavy atom. The highest BCUT2D eigenvalue weighted by Gasteiger charge is 2.19. The molecule has 0 saturated heterocycles. The topological polar surface area (TPSA) is 38.3 Å². The minimum absolute atomic E-state index is 0.000861. The fourth-order valence-corrected chi connectivity index (χ4v) is 2.54. The van der Waals surface area contributed by atoms with Crippen molar-refractivity contribution < 1.29 is 9.53 Å². The van der Waals surface area contributed by atoms with Gasteiger partial charge in [-0.1, -0.05) is 57.2 Å². The molecule has 2 aromatic rings. The largest absolute Gasteiger partial charge is 0.483 e. The van der Waals surface area contributed by atoms with E-state index in [0.29, 0.717) is 0 Å². The summed E-state index contributed by atoms with van der Waals surface area (Å²) >= 11 is 0. The number of benzene rings is 2. The molecule has 0 unspecified atom stereocenters. The van der Waals surface area contributed by atoms with Gasteiger partial charge in [0.2, 0.25) is 0 Å². The Morgan fingerprint density at radius 2 is 1.61 bits per heavy atom. The lowest BCUT2D eigenvalue weighted by molar-refractivity contribution is -0.118. The van der Waals surface area contributed by atoms with Gasteiger partial charge in [-0.05, 0) is 42.0 Å². The molecule has 0 aliphatic heterocycles. The highest BCUT2D eigenvalue weighted by Crippen LogP contribution is 2.30.